The van der Waals surface area contributed by atoms with Gasteiger partial charge < -0.3 is 4.90 Å². The molecule has 0 bridgehead atoms. The molecule has 3 heteroatoms. The second-order valence-electron chi connectivity index (χ2n) is 6.17. The first-order valence-electron chi connectivity index (χ1n) is 6.49. The maximum Gasteiger partial charge on any atom is 0.228 e. The van der Waals surface area contributed by atoms with Crippen LogP contribution < -0.4 is 0 Å². The quantitative estimate of drug-likeness (QED) is 0.821. The second-order valence-corrected chi connectivity index (χ2v) is 6.17. The molecular weight excluding hydrogens is 224 g/mol. The third-order valence-corrected chi connectivity index (χ3v) is 2.65. The zero-order chi connectivity index (χ0) is 13.8. The highest BCUT2D eigenvalue weighted by Crippen LogP contribution is 2.17. The maximum absolute atomic E-state index is 12.3. The van der Waals surface area contributed by atoms with Gasteiger partial charge in [-0.2, -0.15) is 0 Å². The van der Waals surface area contributed by atoms with Crippen molar-refractivity contribution in [2.75, 3.05) is 6.54 Å². The van der Waals surface area contributed by atoms with Crippen molar-refractivity contribution in [2.45, 2.75) is 47.1 Å². The van der Waals surface area contributed by atoms with Crippen LogP contribution in [0.4, 0.5) is 0 Å². The van der Waals surface area contributed by atoms with Crippen LogP contribution >= 0.6 is 0 Å². The molecule has 0 spiro atoms. The fourth-order valence-corrected chi connectivity index (χ4v) is 1.83. The first-order chi connectivity index (χ1) is 8.29. The lowest BCUT2D eigenvalue weighted by Crippen LogP contribution is -2.43. The highest BCUT2D eigenvalue weighted by Gasteiger charge is 2.23. The minimum absolute atomic E-state index is 0.115. The third-order valence-electron chi connectivity index (χ3n) is 2.65. The zero-order valence-corrected chi connectivity index (χ0v) is 12.1. The van der Waals surface area contributed by atoms with Gasteiger partial charge in [-0.15, -0.1) is 0 Å². The van der Waals surface area contributed by atoms with Gasteiger partial charge in [0.25, 0.3) is 0 Å². The Hall–Kier alpha value is -1.38. The lowest BCUT2D eigenvalue weighted by atomic mass is 9.95. The summed E-state index contributed by atoms with van der Waals surface area (Å²) in [5.74, 6) is 0.152. The van der Waals surface area contributed by atoms with E-state index in [2.05, 4.69) is 39.6 Å². The van der Waals surface area contributed by atoms with E-state index >= 15 is 0 Å². The number of carbonyl (C=O) groups is 1. The van der Waals surface area contributed by atoms with Crippen LogP contribution in [0.5, 0.6) is 0 Å². The average Bonchev–Trinajstić information content (AvgIpc) is 2.25. The van der Waals surface area contributed by atoms with E-state index in [0.717, 1.165) is 12.2 Å². The molecule has 1 aromatic rings. The normalized spacial score (nSPS) is 11.7. The van der Waals surface area contributed by atoms with E-state index in [0.29, 0.717) is 6.42 Å². The number of rotatable bonds is 4. The molecule has 0 radical (unpaired) electrons. The van der Waals surface area contributed by atoms with E-state index in [1.54, 1.807) is 6.20 Å². The Morgan fingerprint density at radius 2 is 2.00 bits per heavy atom. The summed E-state index contributed by atoms with van der Waals surface area (Å²) in [6.07, 6.45) is 2.11. The molecule has 0 saturated carbocycles. The summed E-state index contributed by atoms with van der Waals surface area (Å²) >= 11 is 0. The number of hydrogen-bond acceptors (Lipinski definition) is 2. The van der Waals surface area contributed by atoms with Gasteiger partial charge in [-0.3, -0.25) is 9.78 Å². The van der Waals surface area contributed by atoms with Gasteiger partial charge in [0, 0.05) is 24.5 Å². The molecule has 100 valence electrons. The molecule has 1 amide bonds. The van der Waals surface area contributed by atoms with Crippen molar-refractivity contribution >= 4 is 5.91 Å². The molecule has 0 aromatic carbocycles. The maximum atomic E-state index is 12.3. The van der Waals surface area contributed by atoms with E-state index in [1.165, 1.54) is 0 Å². The van der Waals surface area contributed by atoms with E-state index in [-0.39, 0.29) is 17.4 Å². The SMILES string of the molecule is CC(C)N(CC(C)(C)C)C(=O)Cc1ccccn1. The molecule has 1 rings (SSSR count). The first-order valence-corrected chi connectivity index (χ1v) is 6.49. The van der Waals surface area contributed by atoms with Crippen molar-refractivity contribution < 1.29 is 4.79 Å². The van der Waals surface area contributed by atoms with Gasteiger partial charge in [0.15, 0.2) is 0 Å². The van der Waals surface area contributed by atoms with Crippen LogP contribution in [-0.4, -0.2) is 28.4 Å². The van der Waals surface area contributed by atoms with Gasteiger partial charge in [0.1, 0.15) is 0 Å². The second kappa shape index (κ2) is 5.98. The van der Waals surface area contributed by atoms with Gasteiger partial charge >= 0.3 is 0 Å². The predicted octanol–water partition coefficient (Wildman–Crippen LogP) is 2.91. The molecule has 18 heavy (non-hydrogen) atoms. The highest BCUT2D eigenvalue weighted by atomic mass is 16.2. The molecule has 0 saturated heterocycles. The van der Waals surface area contributed by atoms with Gasteiger partial charge in [0.2, 0.25) is 5.91 Å². The fraction of sp³-hybridized carbons (Fsp3) is 0.600. The average molecular weight is 248 g/mol. The topological polar surface area (TPSA) is 33.2 Å². The summed E-state index contributed by atoms with van der Waals surface area (Å²) in [7, 11) is 0. The summed E-state index contributed by atoms with van der Waals surface area (Å²) in [4.78, 5) is 18.5. The van der Waals surface area contributed by atoms with E-state index in [4.69, 9.17) is 0 Å². The Kier molecular flexibility index (Phi) is 4.88. The summed E-state index contributed by atoms with van der Waals surface area (Å²) in [6, 6.07) is 5.90. The molecule has 0 unspecified atom stereocenters. The number of amides is 1. The number of hydrogen-bond donors (Lipinski definition) is 0. The molecule has 0 N–H and O–H groups in total. The fourth-order valence-electron chi connectivity index (χ4n) is 1.83. The van der Waals surface area contributed by atoms with Gasteiger partial charge in [-0.1, -0.05) is 26.8 Å². The van der Waals surface area contributed by atoms with Gasteiger partial charge in [0.05, 0.1) is 6.42 Å². The smallest absolute Gasteiger partial charge is 0.228 e. The van der Waals surface area contributed by atoms with Crippen molar-refractivity contribution in [3.63, 3.8) is 0 Å². The zero-order valence-electron chi connectivity index (χ0n) is 12.1. The van der Waals surface area contributed by atoms with Crippen LogP contribution in [0.15, 0.2) is 24.4 Å². The molecule has 0 aliphatic carbocycles. The molecule has 0 atom stereocenters. The van der Waals surface area contributed by atoms with Crippen LogP contribution in [0.1, 0.15) is 40.3 Å². The largest absolute Gasteiger partial charge is 0.339 e. The molecular formula is C15H24N2O. The molecule has 0 aliphatic rings. The Morgan fingerprint density at radius 1 is 1.33 bits per heavy atom. The van der Waals surface area contributed by atoms with Crippen LogP contribution in [-0.2, 0) is 11.2 Å². The monoisotopic (exact) mass is 248 g/mol. The molecule has 3 nitrogen and oxygen atoms in total. The van der Waals surface area contributed by atoms with E-state index in [9.17, 15) is 4.79 Å². The summed E-state index contributed by atoms with van der Waals surface area (Å²) < 4.78 is 0. The first kappa shape index (κ1) is 14.7. The molecule has 1 aromatic heterocycles. The Balaban J connectivity index is 2.72. The Labute approximate surface area is 110 Å². The molecule has 0 aliphatic heterocycles. The van der Waals surface area contributed by atoms with E-state index < -0.39 is 0 Å². The number of aromatic nitrogens is 1. The summed E-state index contributed by atoms with van der Waals surface area (Å²) in [6.45, 7) is 11.3. The van der Waals surface area contributed by atoms with Gasteiger partial charge in [-0.25, -0.2) is 0 Å². The van der Waals surface area contributed by atoms with E-state index in [1.807, 2.05) is 23.1 Å². The Bertz CT molecular complexity index is 379. The molecule has 0 fully saturated rings. The highest BCUT2D eigenvalue weighted by molar-refractivity contribution is 5.78. The number of nitrogens with zero attached hydrogens (tertiary/aromatic N) is 2. The minimum atomic E-state index is 0.115. The third kappa shape index (κ3) is 4.86. The number of carbonyl (C=O) groups excluding carboxylic acids is 1. The van der Waals surface area contributed by atoms with Crippen molar-refractivity contribution in [3.05, 3.63) is 30.1 Å². The van der Waals surface area contributed by atoms with Crippen molar-refractivity contribution in [2.24, 2.45) is 5.41 Å². The van der Waals surface area contributed by atoms with Crippen molar-refractivity contribution in [1.82, 2.24) is 9.88 Å². The van der Waals surface area contributed by atoms with Crippen LogP contribution in [0.2, 0.25) is 0 Å². The Morgan fingerprint density at radius 3 is 2.44 bits per heavy atom. The van der Waals surface area contributed by atoms with Crippen LogP contribution in [0.3, 0.4) is 0 Å². The van der Waals surface area contributed by atoms with Gasteiger partial charge in [-0.05, 0) is 31.4 Å². The predicted molar refractivity (Wildman–Crippen MR) is 74.2 cm³/mol. The van der Waals surface area contributed by atoms with Crippen molar-refractivity contribution in [3.8, 4) is 0 Å². The minimum Gasteiger partial charge on any atom is -0.339 e. The van der Waals surface area contributed by atoms with Crippen molar-refractivity contribution in [1.29, 1.82) is 0 Å². The summed E-state index contributed by atoms with van der Waals surface area (Å²) in [5.41, 5.74) is 0.950. The lowest BCUT2D eigenvalue weighted by Gasteiger charge is -2.33. The lowest BCUT2D eigenvalue weighted by molar-refractivity contribution is -0.133. The van der Waals surface area contributed by atoms with Crippen LogP contribution in [0, 0.1) is 5.41 Å². The van der Waals surface area contributed by atoms with Crippen LogP contribution in [0.25, 0.3) is 0 Å². The summed E-state index contributed by atoms with van der Waals surface area (Å²) in [5, 5.41) is 0. The molecule has 1 heterocycles. The number of pyridine rings is 1. The standard InChI is InChI=1S/C15H24N2O/c1-12(2)17(11-15(3,4)5)14(18)10-13-8-6-7-9-16-13/h6-9,12H,10-11H2,1-5H3.